The van der Waals surface area contributed by atoms with Crippen molar-refractivity contribution < 1.29 is 24.2 Å². The van der Waals surface area contributed by atoms with E-state index in [0.29, 0.717) is 23.8 Å². The summed E-state index contributed by atoms with van der Waals surface area (Å²) in [5.74, 6) is -0.608. The van der Waals surface area contributed by atoms with E-state index in [1.54, 1.807) is 16.3 Å². The number of hydrogen-bond acceptors (Lipinski definition) is 5. The third-order valence-corrected chi connectivity index (χ3v) is 3.83. The van der Waals surface area contributed by atoms with Crippen LogP contribution in [0.15, 0.2) is 11.4 Å². The molecule has 0 unspecified atom stereocenters. The summed E-state index contributed by atoms with van der Waals surface area (Å²) < 4.78 is 10.4. The predicted molar refractivity (Wildman–Crippen MR) is 68.8 cm³/mol. The van der Waals surface area contributed by atoms with Crippen molar-refractivity contribution in [3.8, 4) is 5.75 Å². The van der Waals surface area contributed by atoms with Crippen LogP contribution in [0.1, 0.15) is 16.1 Å². The number of aliphatic carboxylic acids is 1. The van der Waals surface area contributed by atoms with E-state index in [1.165, 1.54) is 18.4 Å². The molecule has 1 amide bonds. The van der Waals surface area contributed by atoms with E-state index in [0.717, 1.165) is 0 Å². The van der Waals surface area contributed by atoms with E-state index in [9.17, 15) is 9.59 Å². The van der Waals surface area contributed by atoms with Crippen molar-refractivity contribution in [2.45, 2.75) is 12.5 Å². The topological polar surface area (TPSA) is 76.1 Å². The number of nitrogens with zero attached hydrogens (tertiary/aromatic N) is 1. The standard InChI is InChI=1S/C12H15NO5S/c1-17-9-2-5-19-11(9)12(16)13-3-4-18-7-8(13)6-10(14)15/h2,5,8H,3-4,6-7H2,1H3,(H,14,15)/t8-/m0/s1. The smallest absolute Gasteiger partial charge is 0.305 e. The fourth-order valence-corrected chi connectivity index (χ4v) is 2.85. The Hall–Kier alpha value is -1.60. The van der Waals surface area contributed by atoms with Gasteiger partial charge in [0.25, 0.3) is 5.91 Å². The molecule has 0 bridgehead atoms. The van der Waals surface area contributed by atoms with Crippen molar-refractivity contribution >= 4 is 23.2 Å². The number of ether oxygens (including phenoxy) is 2. The molecule has 0 saturated carbocycles. The Balaban J connectivity index is 2.17. The van der Waals surface area contributed by atoms with Gasteiger partial charge in [-0.25, -0.2) is 0 Å². The highest BCUT2D eigenvalue weighted by molar-refractivity contribution is 7.12. The molecule has 1 atom stereocenters. The highest BCUT2D eigenvalue weighted by Gasteiger charge is 2.31. The number of hydrogen-bond donors (Lipinski definition) is 1. The first-order valence-corrected chi connectivity index (χ1v) is 6.73. The van der Waals surface area contributed by atoms with Crippen molar-refractivity contribution in [2.24, 2.45) is 0 Å². The second-order valence-electron chi connectivity index (χ2n) is 4.14. The Morgan fingerprint density at radius 3 is 3.11 bits per heavy atom. The minimum absolute atomic E-state index is 0.112. The molecule has 0 aromatic carbocycles. The molecule has 1 N–H and O–H groups in total. The molecule has 6 nitrogen and oxygen atoms in total. The van der Waals surface area contributed by atoms with Gasteiger partial charge < -0.3 is 19.5 Å². The van der Waals surface area contributed by atoms with Crippen molar-refractivity contribution in [3.63, 3.8) is 0 Å². The molecule has 1 aromatic rings. The average Bonchev–Trinajstić information content (AvgIpc) is 2.86. The summed E-state index contributed by atoms with van der Waals surface area (Å²) in [5, 5.41) is 10.7. The first-order valence-electron chi connectivity index (χ1n) is 5.85. The van der Waals surface area contributed by atoms with Gasteiger partial charge in [0.15, 0.2) is 0 Å². The maximum atomic E-state index is 12.4. The first-order chi connectivity index (χ1) is 9.13. The molecule has 2 heterocycles. The summed E-state index contributed by atoms with van der Waals surface area (Å²) in [6, 6.07) is 1.30. The second-order valence-corrected chi connectivity index (χ2v) is 5.06. The van der Waals surface area contributed by atoms with Gasteiger partial charge in [-0.15, -0.1) is 11.3 Å². The number of thiophene rings is 1. The molecule has 1 aromatic heterocycles. The van der Waals surface area contributed by atoms with Gasteiger partial charge in [0.2, 0.25) is 0 Å². The Bertz CT molecular complexity index is 472. The summed E-state index contributed by atoms with van der Waals surface area (Å²) in [6.07, 6.45) is -0.112. The van der Waals surface area contributed by atoms with Crippen LogP contribution in [0.25, 0.3) is 0 Å². The van der Waals surface area contributed by atoms with Crippen LogP contribution in [0.4, 0.5) is 0 Å². The number of carboxylic acid groups (broad SMARTS) is 1. The van der Waals surface area contributed by atoms with Crippen LogP contribution in [-0.4, -0.2) is 54.8 Å². The number of amides is 1. The van der Waals surface area contributed by atoms with Crippen LogP contribution in [0.3, 0.4) is 0 Å². The van der Waals surface area contributed by atoms with Gasteiger partial charge in [-0.1, -0.05) is 0 Å². The normalized spacial score (nSPS) is 19.2. The molecule has 1 saturated heterocycles. The maximum Gasteiger partial charge on any atom is 0.305 e. The summed E-state index contributed by atoms with van der Waals surface area (Å²) in [6.45, 7) is 1.08. The first kappa shape index (κ1) is 13.8. The van der Waals surface area contributed by atoms with Crippen LogP contribution < -0.4 is 4.74 Å². The van der Waals surface area contributed by atoms with E-state index >= 15 is 0 Å². The zero-order valence-electron chi connectivity index (χ0n) is 10.5. The second kappa shape index (κ2) is 6.03. The van der Waals surface area contributed by atoms with E-state index in [2.05, 4.69) is 0 Å². The zero-order chi connectivity index (χ0) is 13.8. The van der Waals surface area contributed by atoms with E-state index in [1.807, 2.05) is 0 Å². The Labute approximate surface area is 114 Å². The number of morpholine rings is 1. The third-order valence-electron chi connectivity index (χ3n) is 2.94. The van der Waals surface area contributed by atoms with Gasteiger partial charge in [0.05, 0.1) is 32.8 Å². The number of rotatable bonds is 4. The summed E-state index contributed by atoms with van der Waals surface area (Å²) in [7, 11) is 1.51. The van der Waals surface area contributed by atoms with Crippen molar-refractivity contribution in [1.82, 2.24) is 4.90 Å². The van der Waals surface area contributed by atoms with Crippen molar-refractivity contribution in [3.05, 3.63) is 16.3 Å². The van der Waals surface area contributed by atoms with Gasteiger partial charge in [0.1, 0.15) is 10.6 Å². The molecule has 7 heteroatoms. The molecular weight excluding hydrogens is 270 g/mol. The van der Waals surface area contributed by atoms with E-state index in [-0.39, 0.29) is 18.9 Å². The zero-order valence-corrected chi connectivity index (χ0v) is 11.3. The van der Waals surface area contributed by atoms with Crippen LogP contribution in [-0.2, 0) is 9.53 Å². The minimum Gasteiger partial charge on any atom is -0.495 e. The maximum absolute atomic E-state index is 12.4. The molecule has 0 spiro atoms. The molecule has 1 aliphatic heterocycles. The Kier molecular flexibility index (Phi) is 4.39. The monoisotopic (exact) mass is 285 g/mol. The number of methoxy groups -OCH3 is 1. The van der Waals surface area contributed by atoms with Gasteiger partial charge >= 0.3 is 5.97 Å². The fraction of sp³-hybridized carbons (Fsp3) is 0.500. The largest absolute Gasteiger partial charge is 0.495 e. The minimum atomic E-state index is -0.938. The molecule has 104 valence electrons. The highest BCUT2D eigenvalue weighted by Crippen LogP contribution is 2.27. The van der Waals surface area contributed by atoms with Crippen LogP contribution >= 0.6 is 11.3 Å². The predicted octanol–water partition coefficient (Wildman–Crippen LogP) is 1.07. The van der Waals surface area contributed by atoms with Crippen LogP contribution in [0.5, 0.6) is 5.75 Å². The van der Waals surface area contributed by atoms with Gasteiger partial charge in [-0.05, 0) is 11.4 Å². The number of carbonyl (C=O) groups is 2. The van der Waals surface area contributed by atoms with Crippen molar-refractivity contribution in [2.75, 3.05) is 26.9 Å². The van der Waals surface area contributed by atoms with Crippen LogP contribution in [0, 0.1) is 0 Å². The van der Waals surface area contributed by atoms with Gasteiger partial charge in [-0.3, -0.25) is 9.59 Å². The summed E-state index contributed by atoms with van der Waals surface area (Å²) >= 11 is 1.29. The quantitative estimate of drug-likeness (QED) is 0.895. The third kappa shape index (κ3) is 3.05. The number of carboxylic acids is 1. The van der Waals surface area contributed by atoms with Crippen LogP contribution in [0.2, 0.25) is 0 Å². The Morgan fingerprint density at radius 2 is 2.42 bits per heavy atom. The lowest BCUT2D eigenvalue weighted by atomic mass is 10.1. The molecule has 0 aliphatic carbocycles. The fourth-order valence-electron chi connectivity index (χ4n) is 2.04. The number of carbonyl (C=O) groups excluding carboxylic acids is 1. The summed E-state index contributed by atoms with van der Waals surface area (Å²) in [5.41, 5.74) is 0. The van der Waals surface area contributed by atoms with E-state index in [4.69, 9.17) is 14.6 Å². The molecular formula is C12H15NO5S. The Morgan fingerprint density at radius 1 is 1.63 bits per heavy atom. The van der Waals surface area contributed by atoms with E-state index < -0.39 is 12.0 Å². The molecule has 1 aliphatic rings. The van der Waals surface area contributed by atoms with Crippen molar-refractivity contribution in [1.29, 1.82) is 0 Å². The molecule has 2 rings (SSSR count). The lowest BCUT2D eigenvalue weighted by molar-refractivity contribution is -0.139. The summed E-state index contributed by atoms with van der Waals surface area (Å²) in [4.78, 5) is 25.3. The molecule has 0 radical (unpaired) electrons. The molecule has 1 fully saturated rings. The van der Waals surface area contributed by atoms with Gasteiger partial charge in [0, 0.05) is 6.54 Å². The molecule has 19 heavy (non-hydrogen) atoms. The lowest BCUT2D eigenvalue weighted by Gasteiger charge is -2.34. The lowest BCUT2D eigenvalue weighted by Crippen LogP contribution is -2.49. The highest BCUT2D eigenvalue weighted by atomic mass is 32.1. The van der Waals surface area contributed by atoms with Gasteiger partial charge in [-0.2, -0.15) is 0 Å². The average molecular weight is 285 g/mol. The SMILES string of the molecule is COc1ccsc1C(=O)N1CCOC[C@@H]1CC(=O)O.